The first-order valence-electron chi connectivity index (χ1n) is 24.9. The monoisotopic (exact) mass is 937 g/mol. The number of carbonyl (C=O) groups is 4. The average Bonchev–Trinajstić information content (AvgIpc) is 3.70. The lowest BCUT2D eigenvalue weighted by Gasteiger charge is -2.62. The second-order valence-corrected chi connectivity index (χ2v) is 20.9. The van der Waals surface area contributed by atoms with E-state index in [9.17, 15) is 29.4 Å². The van der Waals surface area contributed by atoms with Crippen molar-refractivity contribution < 1.29 is 39.0 Å². The molecule has 0 radical (unpaired) electrons. The highest BCUT2D eigenvalue weighted by atomic mass is 16.6. The minimum absolute atomic E-state index is 0.0274. The third-order valence-corrected chi connectivity index (χ3v) is 16.8. The van der Waals surface area contributed by atoms with Crippen molar-refractivity contribution in [3.8, 4) is 11.5 Å². The molecule has 4 aromatic rings. The second-order valence-electron chi connectivity index (χ2n) is 20.9. The number of anilines is 2. The number of fused-ring (bicyclic) bond motifs is 6. The number of rotatable bonds is 4. The average molecular weight is 938 g/mol. The van der Waals surface area contributed by atoms with Gasteiger partial charge in [-0.25, -0.2) is 0 Å². The third kappa shape index (κ3) is 10.5. The van der Waals surface area contributed by atoms with E-state index in [1.165, 1.54) is 4.90 Å². The van der Waals surface area contributed by atoms with Crippen LogP contribution in [0.2, 0.25) is 0 Å². The van der Waals surface area contributed by atoms with Crippen molar-refractivity contribution in [3.63, 3.8) is 0 Å². The van der Waals surface area contributed by atoms with Gasteiger partial charge in [0.25, 0.3) is 5.91 Å². The molecule has 3 aliphatic heterocycles. The van der Waals surface area contributed by atoms with Gasteiger partial charge in [0, 0.05) is 36.3 Å². The molecule has 13 nitrogen and oxygen atoms in total. The summed E-state index contributed by atoms with van der Waals surface area (Å²) in [6.45, 7) is 6.57. The summed E-state index contributed by atoms with van der Waals surface area (Å²) in [5.74, 6) is 0.442. The molecule has 4 aromatic carbocycles. The summed E-state index contributed by atoms with van der Waals surface area (Å²) in [7, 11) is 0. The van der Waals surface area contributed by atoms with E-state index >= 15 is 0 Å². The summed E-state index contributed by atoms with van der Waals surface area (Å²) < 4.78 is 6.07. The molecule has 0 unspecified atom stereocenters. The lowest BCUT2D eigenvalue weighted by atomic mass is 9.43. The molecule has 4 saturated carbocycles. The number of oxime groups is 1. The van der Waals surface area contributed by atoms with Crippen molar-refractivity contribution in [3.05, 3.63) is 120 Å². The first kappa shape index (κ1) is 48.0. The highest BCUT2D eigenvalue weighted by Crippen LogP contribution is 2.67. The van der Waals surface area contributed by atoms with Crippen LogP contribution < -0.4 is 15.4 Å². The van der Waals surface area contributed by atoms with Gasteiger partial charge in [0.15, 0.2) is 6.61 Å². The largest absolute Gasteiger partial charge is 0.457 e. The highest BCUT2D eigenvalue weighted by Gasteiger charge is 2.65. The van der Waals surface area contributed by atoms with Crippen LogP contribution in [0.25, 0.3) is 0 Å². The topological polar surface area (TPSA) is 170 Å². The maximum absolute atomic E-state index is 14.3. The van der Waals surface area contributed by atoms with Crippen LogP contribution in [0.4, 0.5) is 11.4 Å². The Kier molecular flexibility index (Phi) is 14.3. The maximum atomic E-state index is 14.3. The molecule has 7 aliphatic rings. The van der Waals surface area contributed by atoms with Gasteiger partial charge in [-0.1, -0.05) is 86.6 Å². The molecule has 364 valence electrons. The van der Waals surface area contributed by atoms with Gasteiger partial charge in [0.2, 0.25) is 17.7 Å². The number of aliphatic hydroxyl groups excluding tert-OH is 2. The van der Waals surface area contributed by atoms with Crippen molar-refractivity contribution in [2.24, 2.45) is 51.5 Å². The summed E-state index contributed by atoms with van der Waals surface area (Å²) >= 11 is 0. The molecular formula is C56H67N5O8. The second kappa shape index (κ2) is 20.5. The van der Waals surface area contributed by atoms with E-state index in [0.717, 1.165) is 42.5 Å². The Bertz CT molecular complexity index is 2490. The van der Waals surface area contributed by atoms with E-state index in [1.807, 2.05) is 60.7 Å². The van der Waals surface area contributed by atoms with Gasteiger partial charge < -0.3 is 40.2 Å². The summed E-state index contributed by atoms with van der Waals surface area (Å²) in [4.78, 5) is 65.1. The Labute approximate surface area is 405 Å². The molecule has 4 aliphatic carbocycles. The fourth-order valence-electron chi connectivity index (χ4n) is 13.2. The number of benzene rings is 4. The molecule has 10 atom stereocenters. The van der Waals surface area contributed by atoms with Crippen LogP contribution in [0.15, 0.2) is 114 Å². The van der Waals surface area contributed by atoms with Crippen molar-refractivity contribution in [2.45, 2.75) is 104 Å². The summed E-state index contributed by atoms with van der Waals surface area (Å²) in [6.07, 6.45) is 5.20. The van der Waals surface area contributed by atoms with E-state index in [0.29, 0.717) is 48.6 Å². The number of carbonyl (C=O) groups excluding carboxylic acids is 4. The molecule has 3 heterocycles. The zero-order chi connectivity index (χ0) is 48.3. The molecule has 4 bridgehead atoms. The molecule has 0 spiro atoms. The number of nitrogens with one attached hydrogen (secondary N) is 2. The zero-order valence-corrected chi connectivity index (χ0v) is 40.1. The van der Waals surface area contributed by atoms with Gasteiger partial charge in [0.05, 0.1) is 17.9 Å². The van der Waals surface area contributed by atoms with Gasteiger partial charge in [0.1, 0.15) is 24.6 Å². The van der Waals surface area contributed by atoms with Gasteiger partial charge in [-0.15, -0.1) is 0 Å². The number of hydrogen-bond acceptors (Lipinski definition) is 9. The molecule has 0 aromatic heterocycles. The maximum Gasteiger partial charge on any atom is 0.264 e. The van der Waals surface area contributed by atoms with Crippen LogP contribution in [0, 0.1) is 46.3 Å². The van der Waals surface area contributed by atoms with E-state index in [2.05, 4.69) is 31.4 Å². The normalized spacial score (nSPS) is 31.4. The third-order valence-electron chi connectivity index (χ3n) is 16.8. The Morgan fingerprint density at radius 2 is 1.22 bits per heavy atom. The Balaban J connectivity index is 1.03. The van der Waals surface area contributed by atoms with Crippen molar-refractivity contribution in [2.75, 3.05) is 30.3 Å². The summed E-state index contributed by atoms with van der Waals surface area (Å²) in [6, 6.07) is 33.2. The van der Waals surface area contributed by atoms with Crippen molar-refractivity contribution in [1.82, 2.24) is 9.80 Å². The van der Waals surface area contributed by atoms with Gasteiger partial charge in [-0.3, -0.25) is 19.2 Å². The minimum atomic E-state index is -0.523. The molecule has 4 N–H and O–H groups in total. The number of hydrogen-bond donors (Lipinski definition) is 4. The van der Waals surface area contributed by atoms with Crippen LogP contribution in [-0.2, 0) is 37.1 Å². The van der Waals surface area contributed by atoms with E-state index in [4.69, 9.17) is 14.7 Å². The van der Waals surface area contributed by atoms with Crippen LogP contribution in [0.1, 0.15) is 89.7 Å². The Hall–Kier alpha value is -6.05. The zero-order valence-electron chi connectivity index (χ0n) is 40.1. The van der Waals surface area contributed by atoms with Crippen LogP contribution in [0.3, 0.4) is 0 Å². The molecule has 4 amide bonds. The molecule has 4 fully saturated rings. The number of ether oxygens (including phenoxy) is 1. The first-order chi connectivity index (χ1) is 33.3. The summed E-state index contributed by atoms with van der Waals surface area (Å²) in [5, 5.41) is 33.8. The van der Waals surface area contributed by atoms with Gasteiger partial charge >= 0.3 is 0 Å². The molecule has 0 saturated heterocycles. The highest BCUT2D eigenvalue weighted by molar-refractivity contribution is 5.96. The lowest BCUT2D eigenvalue weighted by molar-refractivity contribution is -0.151. The fraction of sp³-hybridized carbons (Fsp3) is 0.482. The van der Waals surface area contributed by atoms with Gasteiger partial charge in [-0.05, 0) is 152 Å². The van der Waals surface area contributed by atoms with Gasteiger partial charge in [-0.2, -0.15) is 0 Å². The fourth-order valence-corrected chi connectivity index (χ4v) is 13.2. The Morgan fingerprint density at radius 1 is 0.667 bits per heavy atom. The SMILES string of the molecule is C[C@@H]1CCC(=O)N(Cc2ccccc2)CC(=O)Nc2ccc(cc2)Oc2ccc(cc2)NC(=O)CN(Cc2ccccc2)C(=O)CON=C2C[C@H]3[C@@H]([C@H](O)C[C@@H]4C[C@H](O)CC[C@@]43C)[C@@H]3CC[C@H]1[C@@]23C. The molecular weight excluding hydrogens is 871 g/mol. The van der Waals surface area contributed by atoms with Crippen LogP contribution in [0.5, 0.6) is 11.5 Å². The van der Waals surface area contributed by atoms with Crippen molar-refractivity contribution in [1.29, 1.82) is 0 Å². The molecule has 11 rings (SSSR count). The Morgan fingerprint density at radius 3 is 1.80 bits per heavy atom. The molecule has 13 heteroatoms. The molecule has 69 heavy (non-hydrogen) atoms. The number of aliphatic hydroxyl groups is 2. The van der Waals surface area contributed by atoms with Crippen molar-refractivity contribution >= 4 is 40.7 Å². The lowest BCUT2D eigenvalue weighted by Crippen LogP contribution is -2.61. The van der Waals surface area contributed by atoms with Crippen LogP contribution in [-0.4, -0.2) is 81.3 Å². The minimum Gasteiger partial charge on any atom is -0.457 e. The van der Waals surface area contributed by atoms with E-state index < -0.39 is 11.5 Å². The van der Waals surface area contributed by atoms with E-state index in [-0.39, 0.29) is 110 Å². The predicted octanol–water partition coefficient (Wildman–Crippen LogP) is 8.82. The standard InChI is InChI=1S/C56H67N5O8/c1-36-14-25-52(66)60(31-37-10-6-4-7-11-37)33-50(64)57-40-15-19-43(20-16-40)69-44-21-17-41(18-22-44)58-51(65)34-61(32-38-12-8-5-9-13-38)53(67)35-68-59-49-30-47-54(46-24-23-45(36)56(46,49)3)48(63)29-39-28-42(62)26-27-55(39,47)2/h4-13,15-22,36,39,42,45-48,54,62-63H,14,23-35H2,1-3H3,(H,57,64)(H,58,65)/t36-,39+,42-,45-,46+,47+,48-,54+,55+,56-/m1/s1. The van der Waals surface area contributed by atoms with Crippen LogP contribution >= 0.6 is 0 Å². The van der Waals surface area contributed by atoms with E-state index in [1.54, 1.807) is 53.4 Å². The first-order valence-corrected chi connectivity index (χ1v) is 24.9. The summed E-state index contributed by atoms with van der Waals surface area (Å²) in [5.41, 5.74) is 3.15. The number of nitrogens with zero attached hydrogens (tertiary/aromatic N) is 3. The predicted molar refractivity (Wildman–Crippen MR) is 264 cm³/mol. The quantitative estimate of drug-likeness (QED) is 0.157. The number of amides is 4. The smallest absolute Gasteiger partial charge is 0.264 e.